The standard InChI is InChI=1S/C44H52N7O12PS/c1-25-19-50(43(57)46-40(25)54)37-17-33(53)36(62-37)24-60-64(65,63-34-18-38(61-35(34)22-52)51-20-26(2)41(55)47-44(51)58)59-23-32-39-29(28-12-6-7-13-30(28)45-39)16-31(42(56)48-14-8-9-15-48)49(32)21-27-10-4-3-5-11-27/h3-7,10-13,19-20,31-38,45,52-53H,8-9,14-18,21-24H2,1-2H3,(H,46,54,57)(H,47,55,58)/t31-,32+,33-,34-,35+,36+,37+,38+,64?/m0/s1. The van der Waals surface area contributed by atoms with Gasteiger partial charge in [0.05, 0.1) is 44.1 Å². The summed E-state index contributed by atoms with van der Waals surface area (Å²) >= 11 is 6.23. The average Bonchev–Trinajstić information content (AvgIpc) is 4.12. The number of H-pyrrole nitrogens is 3. The Morgan fingerprint density at radius 3 is 2.12 bits per heavy atom. The third kappa shape index (κ3) is 9.29. The summed E-state index contributed by atoms with van der Waals surface area (Å²) in [6.07, 6.45) is -1.00. The second-order valence-corrected chi connectivity index (χ2v) is 20.1. The Morgan fingerprint density at radius 2 is 1.45 bits per heavy atom. The quantitative estimate of drug-likeness (QED) is 0.101. The van der Waals surface area contributed by atoms with Crippen molar-refractivity contribution in [3.63, 3.8) is 0 Å². The van der Waals surface area contributed by atoms with Crippen LogP contribution in [0, 0.1) is 13.8 Å². The third-order valence-electron chi connectivity index (χ3n) is 12.8. The first-order chi connectivity index (χ1) is 31.3. The molecule has 4 aliphatic rings. The average molecular weight is 934 g/mol. The number of amides is 1. The van der Waals surface area contributed by atoms with E-state index in [0.29, 0.717) is 26.1 Å². The number of para-hydroxylation sites is 1. The van der Waals surface area contributed by atoms with Crippen LogP contribution in [-0.2, 0) is 52.6 Å². The Kier molecular flexibility index (Phi) is 13.1. The molecule has 346 valence electrons. The highest BCUT2D eigenvalue weighted by molar-refractivity contribution is 8.07. The van der Waals surface area contributed by atoms with Crippen LogP contribution in [0.25, 0.3) is 10.9 Å². The summed E-state index contributed by atoms with van der Waals surface area (Å²) in [7, 11) is 0. The van der Waals surface area contributed by atoms with Crippen molar-refractivity contribution in [1.82, 2.24) is 33.9 Å². The number of aliphatic hydroxyl groups excluding tert-OH is 2. The van der Waals surface area contributed by atoms with E-state index in [2.05, 4.69) is 19.9 Å². The first kappa shape index (κ1) is 45.3. The van der Waals surface area contributed by atoms with E-state index >= 15 is 0 Å². The minimum Gasteiger partial charge on any atom is -0.394 e. The van der Waals surface area contributed by atoms with Gasteiger partial charge in [0.15, 0.2) is 0 Å². The number of rotatable bonds is 14. The fourth-order valence-corrected chi connectivity index (χ4v) is 11.5. The van der Waals surface area contributed by atoms with Gasteiger partial charge in [0.2, 0.25) is 5.91 Å². The van der Waals surface area contributed by atoms with Crippen molar-refractivity contribution in [3.8, 4) is 0 Å². The van der Waals surface area contributed by atoms with Gasteiger partial charge in [-0.25, -0.2) is 9.59 Å². The van der Waals surface area contributed by atoms with Crippen molar-refractivity contribution in [1.29, 1.82) is 0 Å². The molecule has 0 aliphatic carbocycles. The maximum absolute atomic E-state index is 14.6. The first-order valence-electron chi connectivity index (χ1n) is 21.8. The molecule has 7 heterocycles. The second-order valence-electron chi connectivity index (χ2n) is 17.1. The van der Waals surface area contributed by atoms with Crippen LogP contribution < -0.4 is 22.5 Å². The van der Waals surface area contributed by atoms with Crippen LogP contribution in [0.1, 0.15) is 72.1 Å². The molecule has 21 heteroatoms. The van der Waals surface area contributed by atoms with E-state index in [4.69, 9.17) is 34.9 Å². The highest BCUT2D eigenvalue weighted by atomic mass is 32.5. The summed E-state index contributed by atoms with van der Waals surface area (Å²) in [5.41, 5.74) is 1.77. The summed E-state index contributed by atoms with van der Waals surface area (Å²) < 4.78 is 34.5. The molecule has 0 bridgehead atoms. The monoisotopic (exact) mass is 933 g/mol. The predicted molar refractivity (Wildman–Crippen MR) is 240 cm³/mol. The van der Waals surface area contributed by atoms with Gasteiger partial charge in [-0.3, -0.25) is 38.4 Å². The fourth-order valence-electron chi connectivity index (χ4n) is 9.36. The van der Waals surface area contributed by atoms with Gasteiger partial charge in [0, 0.05) is 72.6 Å². The van der Waals surface area contributed by atoms with E-state index in [1.165, 1.54) is 21.5 Å². The normalized spacial score (nSPS) is 26.7. The Morgan fingerprint density at radius 1 is 0.831 bits per heavy atom. The number of carbonyl (C=O) groups is 1. The van der Waals surface area contributed by atoms with Crippen LogP contribution in [-0.4, -0.2) is 113 Å². The number of aryl methyl sites for hydroxylation is 2. The van der Waals surface area contributed by atoms with Crippen LogP contribution in [0.2, 0.25) is 0 Å². The molecule has 9 atom stereocenters. The minimum absolute atomic E-state index is 0.00295. The molecule has 65 heavy (non-hydrogen) atoms. The number of ether oxygens (including phenoxy) is 2. The molecule has 1 amide bonds. The molecule has 1 unspecified atom stereocenters. The summed E-state index contributed by atoms with van der Waals surface area (Å²) in [6.45, 7) is -0.161. The topological polar surface area (TPSA) is 236 Å². The molecule has 0 spiro atoms. The molecule has 9 rings (SSSR count). The van der Waals surface area contributed by atoms with Gasteiger partial charge in [-0.05, 0) is 62.1 Å². The minimum atomic E-state index is -3.99. The number of hydrogen-bond donors (Lipinski definition) is 5. The number of carbonyl (C=O) groups excluding carboxylic acids is 1. The molecule has 5 N–H and O–H groups in total. The number of likely N-dealkylation sites (tertiary alicyclic amines) is 1. The largest absolute Gasteiger partial charge is 0.394 e. The Balaban J connectivity index is 1.05. The fraction of sp³-hybridized carbons (Fsp3) is 0.477. The molecule has 3 aromatic heterocycles. The zero-order valence-corrected chi connectivity index (χ0v) is 37.6. The van der Waals surface area contributed by atoms with Crippen LogP contribution >= 0.6 is 6.72 Å². The number of fused-ring (bicyclic) bond motifs is 3. The lowest BCUT2D eigenvalue weighted by molar-refractivity contribution is -0.138. The van der Waals surface area contributed by atoms with E-state index in [1.54, 1.807) is 13.8 Å². The van der Waals surface area contributed by atoms with Gasteiger partial charge in [-0.15, -0.1) is 0 Å². The van der Waals surface area contributed by atoms with E-state index in [9.17, 15) is 34.2 Å². The van der Waals surface area contributed by atoms with Crippen molar-refractivity contribution < 1.29 is 38.1 Å². The number of aromatic amines is 3. The maximum Gasteiger partial charge on any atom is 0.330 e. The van der Waals surface area contributed by atoms with Gasteiger partial charge in [0.25, 0.3) is 11.1 Å². The molecule has 3 saturated heterocycles. The number of aromatic nitrogens is 5. The summed E-state index contributed by atoms with van der Waals surface area (Å²) in [5.74, 6) is 0.0256. The van der Waals surface area contributed by atoms with Crippen molar-refractivity contribution in [2.24, 2.45) is 0 Å². The molecule has 0 saturated carbocycles. The predicted octanol–water partition coefficient (Wildman–Crippen LogP) is 2.55. The van der Waals surface area contributed by atoms with Gasteiger partial charge in [-0.1, -0.05) is 48.5 Å². The number of nitrogens with zero attached hydrogens (tertiary/aromatic N) is 4. The summed E-state index contributed by atoms with van der Waals surface area (Å²) in [4.78, 5) is 76.9. The molecule has 5 aromatic rings. The zero-order valence-electron chi connectivity index (χ0n) is 35.9. The lowest BCUT2D eigenvalue weighted by Gasteiger charge is -2.43. The SMILES string of the molecule is Cc1cn([C@H]2C[C@H](OP(=S)(OC[C@@H]3c4[nH]c5ccccc5c4C[C@@H](C(=O)N4CCCC4)N3Cc3ccccc3)OC[C@H]3O[C@@H](n4cc(C)c(=O)[nH]c4=O)C[C@@H]3O)[C@@H](CO)O2)c(=O)[nH]c1=O. The smallest absolute Gasteiger partial charge is 0.330 e. The van der Waals surface area contributed by atoms with Gasteiger partial charge in [0.1, 0.15) is 24.7 Å². The molecule has 0 radical (unpaired) electrons. The van der Waals surface area contributed by atoms with Crippen molar-refractivity contribution in [2.45, 2.75) is 101 Å². The molecule has 19 nitrogen and oxygen atoms in total. The first-order valence-corrected chi connectivity index (χ1v) is 24.3. The molecular formula is C44H52N7O12PS. The van der Waals surface area contributed by atoms with Gasteiger partial charge < -0.3 is 43.1 Å². The molecule has 2 aromatic carbocycles. The molecule has 3 fully saturated rings. The molecule has 4 aliphatic heterocycles. The summed E-state index contributed by atoms with van der Waals surface area (Å²) in [6, 6.07) is 16.6. The number of benzene rings is 2. The highest BCUT2D eigenvalue weighted by Gasteiger charge is 2.46. The van der Waals surface area contributed by atoms with Crippen LogP contribution in [0.4, 0.5) is 0 Å². The van der Waals surface area contributed by atoms with E-state index in [-0.39, 0.29) is 43.1 Å². The Bertz CT molecular complexity index is 2840. The number of nitrogens with one attached hydrogen (secondary N) is 3. The molecular weight excluding hydrogens is 882 g/mol. The maximum atomic E-state index is 14.6. The van der Waals surface area contributed by atoms with Crippen molar-refractivity contribution >= 4 is 35.3 Å². The summed E-state index contributed by atoms with van der Waals surface area (Å²) in [5, 5.41) is 22.8. The Labute approximate surface area is 377 Å². The van der Waals surface area contributed by atoms with Crippen molar-refractivity contribution in [2.75, 3.05) is 32.9 Å². The number of aliphatic hydroxyl groups is 2. The second kappa shape index (κ2) is 18.8. The Hall–Kier alpha value is -4.86. The third-order valence-corrected chi connectivity index (χ3v) is 15.2. The highest BCUT2D eigenvalue weighted by Crippen LogP contribution is 2.55. The van der Waals surface area contributed by atoms with E-state index in [0.717, 1.165) is 40.6 Å². The van der Waals surface area contributed by atoms with Crippen LogP contribution in [0.15, 0.2) is 86.2 Å². The lowest BCUT2D eigenvalue weighted by Crippen LogP contribution is -2.53. The number of hydrogen-bond acceptors (Lipinski definition) is 14. The lowest BCUT2D eigenvalue weighted by atomic mass is 9.90. The van der Waals surface area contributed by atoms with E-state index < -0.39 is 84.8 Å². The van der Waals surface area contributed by atoms with Crippen molar-refractivity contribution in [3.05, 3.63) is 137 Å². The van der Waals surface area contributed by atoms with Crippen LogP contribution in [0.3, 0.4) is 0 Å². The van der Waals surface area contributed by atoms with Gasteiger partial charge in [-0.2, -0.15) is 0 Å². The van der Waals surface area contributed by atoms with Gasteiger partial charge >= 0.3 is 18.1 Å². The zero-order chi connectivity index (χ0) is 45.6. The van der Waals surface area contributed by atoms with Crippen LogP contribution in [0.5, 0.6) is 0 Å². The van der Waals surface area contributed by atoms with E-state index in [1.807, 2.05) is 59.5 Å².